The second-order valence-corrected chi connectivity index (χ2v) is 9.01. The van der Waals surface area contributed by atoms with E-state index < -0.39 is 5.92 Å². The lowest BCUT2D eigenvalue weighted by Gasteiger charge is -2.34. The number of aryl methyl sites for hydroxylation is 1. The molecular weight excluding hydrogens is 384 g/mol. The predicted octanol–water partition coefficient (Wildman–Crippen LogP) is 4.30. The lowest BCUT2D eigenvalue weighted by Crippen LogP contribution is -2.28. The third kappa shape index (κ3) is 2.96. The van der Waals surface area contributed by atoms with Crippen molar-refractivity contribution in [3.8, 4) is 0 Å². The van der Waals surface area contributed by atoms with Crippen molar-refractivity contribution in [2.45, 2.75) is 69.2 Å². The molecule has 0 aromatic carbocycles. The van der Waals surface area contributed by atoms with E-state index in [1.165, 1.54) is 6.20 Å². The molecule has 9 heteroatoms. The van der Waals surface area contributed by atoms with Gasteiger partial charge in [-0.15, -0.1) is 11.3 Å². The molecule has 6 nitrogen and oxygen atoms in total. The van der Waals surface area contributed by atoms with Crippen LogP contribution in [0.2, 0.25) is 0 Å². The van der Waals surface area contributed by atoms with E-state index in [4.69, 9.17) is 4.98 Å². The second-order valence-electron chi connectivity index (χ2n) is 7.95. The summed E-state index contributed by atoms with van der Waals surface area (Å²) in [7, 11) is 0. The number of aromatic amines is 1. The zero-order valence-corrected chi connectivity index (χ0v) is 16.3. The lowest BCUT2D eigenvalue weighted by molar-refractivity contribution is -0.0446. The molecular formula is C19H21F2N5OS. The zero-order chi connectivity index (χ0) is 19.5. The molecule has 2 atom stereocenters. The van der Waals surface area contributed by atoms with Crippen molar-refractivity contribution in [1.82, 2.24) is 24.7 Å². The number of thiazole rings is 1. The average Bonchev–Trinajstić information content (AvgIpc) is 3.21. The molecule has 1 unspecified atom stereocenters. The third-order valence-electron chi connectivity index (χ3n) is 6.16. The fraction of sp³-hybridized carbons (Fsp3) is 0.579. The maximum Gasteiger partial charge on any atom is 0.262 e. The summed E-state index contributed by atoms with van der Waals surface area (Å²) in [6, 6.07) is -0.141. The summed E-state index contributed by atoms with van der Waals surface area (Å²) in [6.07, 6.45) is 3.85. The number of alkyl halides is 2. The van der Waals surface area contributed by atoms with Crippen LogP contribution in [-0.4, -0.2) is 30.7 Å². The number of aromatic nitrogens is 5. The first-order valence-corrected chi connectivity index (χ1v) is 10.6. The van der Waals surface area contributed by atoms with Crippen molar-refractivity contribution in [2.75, 3.05) is 0 Å². The summed E-state index contributed by atoms with van der Waals surface area (Å²) in [5.74, 6) is -1.56. The second kappa shape index (κ2) is 6.43. The van der Waals surface area contributed by atoms with Crippen molar-refractivity contribution in [3.05, 3.63) is 38.5 Å². The normalized spacial score (nSPS) is 25.1. The van der Waals surface area contributed by atoms with E-state index in [2.05, 4.69) is 20.4 Å². The van der Waals surface area contributed by atoms with E-state index >= 15 is 0 Å². The Balaban J connectivity index is 1.49. The number of H-pyrrole nitrogens is 1. The summed E-state index contributed by atoms with van der Waals surface area (Å²) in [6.45, 7) is 1.99. The Morgan fingerprint density at radius 2 is 1.93 bits per heavy atom. The Bertz CT molecular complexity index is 1080. The summed E-state index contributed by atoms with van der Waals surface area (Å²) in [4.78, 5) is 24.9. The molecule has 1 N–H and O–H groups in total. The molecule has 0 amide bonds. The molecule has 2 fully saturated rings. The van der Waals surface area contributed by atoms with E-state index in [0.717, 1.165) is 23.5 Å². The molecule has 5 rings (SSSR count). The molecule has 0 spiro atoms. The first-order chi connectivity index (χ1) is 13.4. The Kier molecular flexibility index (Phi) is 4.12. The monoisotopic (exact) mass is 405 g/mol. The number of nitrogens with one attached hydrogen (secondary N) is 1. The number of hydrogen-bond acceptors (Lipinski definition) is 5. The molecule has 28 heavy (non-hydrogen) atoms. The van der Waals surface area contributed by atoms with Crippen LogP contribution in [0.1, 0.15) is 72.9 Å². The van der Waals surface area contributed by atoms with Crippen LogP contribution >= 0.6 is 11.3 Å². The van der Waals surface area contributed by atoms with Crippen molar-refractivity contribution in [1.29, 1.82) is 0 Å². The molecule has 0 radical (unpaired) electrons. The zero-order valence-electron chi connectivity index (χ0n) is 15.5. The van der Waals surface area contributed by atoms with E-state index in [9.17, 15) is 13.6 Å². The van der Waals surface area contributed by atoms with Gasteiger partial charge in [-0.1, -0.05) is 0 Å². The Morgan fingerprint density at radius 1 is 1.18 bits per heavy atom. The number of nitrogens with zero attached hydrogens (tertiary/aromatic N) is 4. The van der Waals surface area contributed by atoms with Crippen LogP contribution in [0.15, 0.2) is 16.4 Å². The smallest absolute Gasteiger partial charge is 0.262 e. The van der Waals surface area contributed by atoms with Crippen molar-refractivity contribution >= 4 is 22.4 Å². The molecule has 2 aliphatic carbocycles. The summed E-state index contributed by atoms with van der Waals surface area (Å²) < 4.78 is 28.7. The fourth-order valence-corrected chi connectivity index (χ4v) is 5.07. The molecule has 2 aliphatic rings. The van der Waals surface area contributed by atoms with Gasteiger partial charge in [0.05, 0.1) is 22.9 Å². The molecule has 0 aliphatic heterocycles. The summed E-state index contributed by atoms with van der Waals surface area (Å²) >= 11 is 1.63. The highest BCUT2D eigenvalue weighted by molar-refractivity contribution is 7.09. The van der Waals surface area contributed by atoms with Crippen LogP contribution in [-0.2, 0) is 0 Å². The number of halogens is 2. The standard InChI is InChI=1S/C19H21F2N5OS/c1-10-23-15(9-28-10)12-2-3-13(12)16-24-17-14(18(27)25-16)8-22-26(17)11-4-6-19(20,21)7-5-11/h8-9,11-13H,2-7H2,1H3,(H,24,25,27)/t12-,13?/m0/s1. The van der Waals surface area contributed by atoms with Crippen LogP contribution < -0.4 is 5.56 Å². The maximum absolute atomic E-state index is 13.5. The van der Waals surface area contributed by atoms with Crippen LogP contribution in [0.3, 0.4) is 0 Å². The quantitative estimate of drug-likeness (QED) is 0.705. The molecule has 0 bridgehead atoms. The van der Waals surface area contributed by atoms with Gasteiger partial charge >= 0.3 is 0 Å². The minimum atomic E-state index is -2.60. The third-order valence-corrected chi connectivity index (χ3v) is 6.95. The average molecular weight is 405 g/mol. The Labute approximate surface area is 164 Å². The van der Waals surface area contributed by atoms with E-state index in [-0.39, 0.29) is 36.3 Å². The predicted molar refractivity (Wildman–Crippen MR) is 102 cm³/mol. The first-order valence-electron chi connectivity index (χ1n) is 9.68. The minimum absolute atomic E-state index is 0.123. The van der Waals surface area contributed by atoms with Crippen LogP contribution in [0.25, 0.3) is 11.0 Å². The SMILES string of the molecule is Cc1nc([C@H]2CCC2c2nc3c(cnn3C3CCC(F)(F)CC3)c(=O)[nH]2)cs1. The topological polar surface area (TPSA) is 76.5 Å². The van der Waals surface area contributed by atoms with E-state index in [1.807, 2.05) is 6.92 Å². The largest absolute Gasteiger partial charge is 0.310 e. The summed E-state index contributed by atoms with van der Waals surface area (Å²) in [5.41, 5.74) is 1.35. The maximum atomic E-state index is 13.5. The number of hydrogen-bond donors (Lipinski definition) is 1. The Hall–Kier alpha value is -2.16. The van der Waals surface area contributed by atoms with Gasteiger partial charge in [-0.05, 0) is 32.6 Å². The number of rotatable bonds is 3. The molecule has 3 aromatic heterocycles. The van der Waals surface area contributed by atoms with Gasteiger partial charge in [0.1, 0.15) is 11.2 Å². The van der Waals surface area contributed by atoms with Crippen LogP contribution in [0.5, 0.6) is 0 Å². The van der Waals surface area contributed by atoms with Gasteiger partial charge in [-0.2, -0.15) is 5.10 Å². The van der Waals surface area contributed by atoms with Crippen molar-refractivity contribution < 1.29 is 8.78 Å². The van der Waals surface area contributed by atoms with Crippen LogP contribution in [0.4, 0.5) is 8.78 Å². The van der Waals surface area contributed by atoms with Gasteiger partial charge in [-0.3, -0.25) is 4.79 Å². The molecule has 0 saturated heterocycles. The fourth-order valence-electron chi connectivity index (χ4n) is 4.40. The van der Waals surface area contributed by atoms with Crippen molar-refractivity contribution in [3.63, 3.8) is 0 Å². The lowest BCUT2D eigenvalue weighted by atomic mass is 9.71. The van der Waals surface area contributed by atoms with Gasteiger partial charge in [-0.25, -0.2) is 23.4 Å². The van der Waals surface area contributed by atoms with Crippen LogP contribution in [0, 0.1) is 6.92 Å². The highest BCUT2D eigenvalue weighted by Gasteiger charge is 2.38. The minimum Gasteiger partial charge on any atom is -0.310 e. The molecule has 2 saturated carbocycles. The van der Waals surface area contributed by atoms with Gasteiger partial charge in [0.2, 0.25) is 5.92 Å². The molecule has 3 aromatic rings. The van der Waals surface area contributed by atoms with Crippen molar-refractivity contribution in [2.24, 2.45) is 0 Å². The Morgan fingerprint density at radius 3 is 2.57 bits per heavy atom. The van der Waals surface area contributed by atoms with E-state index in [1.54, 1.807) is 16.0 Å². The van der Waals surface area contributed by atoms with Gasteiger partial charge in [0, 0.05) is 30.1 Å². The number of fused-ring (bicyclic) bond motifs is 1. The van der Waals surface area contributed by atoms with E-state index in [0.29, 0.717) is 29.7 Å². The van der Waals surface area contributed by atoms with Gasteiger partial charge in [0.25, 0.3) is 5.56 Å². The highest BCUT2D eigenvalue weighted by Crippen LogP contribution is 2.48. The summed E-state index contributed by atoms with van der Waals surface area (Å²) in [5, 5.41) is 7.86. The molecule has 148 valence electrons. The van der Waals surface area contributed by atoms with Gasteiger partial charge < -0.3 is 4.98 Å². The van der Waals surface area contributed by atoms with Gasteiger partial charge in [0.15, 0.2) is 5.65 Å². The highest BCUT2D eigenvalue weighted by atomic mass is 32.1. The molecule has 3 heterocycles. The first kappa shape index (κ1) is 17.9.